The number of halogens is 1. The van der Waals surface area contributed by atoms with Gasteiger partial charge < -0.3 is 10.1 Å². The van der Waals surface area contributed by atoms with Gasteiger partial charge in [0, 0.05) is 17.7 Å². The Morgan fingerprint density at radius 2 is 2.21 bits per heavy atom. The summed E-state index contributed by atoms with van der Waals surface area (Å²) < 4.78 is 18.7. The molecule has 0 saturated carbocycles. The van der Waals surface area contributed by atoms with Gasteiger partial charge in [0.05, 0.1) is 6.61 Å². The molecule has 1 rings (SSSR count). The first kappa shape index (κ1) is 11.0. The molecular formula is C11H16FNO. The minimum atomic E-state index is -0.224. The average molecular weight is 197 g/mol. The maximum absolute atomic E-state index is 13.5. The fourth-order valence-corrected chi connectivity index (χ4v) is 1.27. The lowest BCUT2D eigenvalue weighted by Crippen LogP contribution is -2.13. The maximum atomic E-state index is 13.5. The molecule has 0 radical (unpaired) electrons. The van der Waals surface area contributed by atoms with Crippen LogP contribution in [-0.4, -0.2) is 13.7 Å². The lowest BCUT2D eigenvalue weighted by Gasteiger charge is -2.12. The van der Waals surface area contributed by atoms with Gasteiger partial charge in [0.15, 0.2) is 0 Å². The summed E-state index contributed by atoms with van der Waals surface area (Å²) in [6.07, 6.45) is 0. The second-order valence-corrected chi connectivity index (χ2v) is 3.13. The molecule has 3 heteroatoms. The van der Waals surface area contributed by atoms with Crippen LogP contribution in [0.4, 0.5) is 4.39 Å². The van der Waals surface area contributed by atoms with Gasteiger partial charge >= 0.3 is 0 Å². The van der Waals surface area contributed by atoms with E-state index in [-0.39, 0.29) is 11.9 Å². The van der Waals surface area contributed by atoms with E-state index in [2.05, 4.69) is 5.32 Å². The number of nitrogens with one attached hydrogen (secondary N) is 1. The summed E-state index contributed by atoms with van der Waals surface area (Å²) in [6.45, 7) is 4.35. The summed E-state index contributed by atoms with van der Waals surface area (Å²) in [5.74, 6) is 0.356. The third-order valence-corrected chi connectivity index (χ3v) is 2.18. The molecule has 0 aliphatic rings. The van der Waals surface area contributed by atoms with Crippen LogP contribution in [0.1, 0.15) is 25.5 Å². The summed E-state index contributed by atoms with van der Waals surface area (Å²) in [6, 6.07) is 4.98. The third-order valence-electron chi connectivity index (χ3n) is 2.18. The molecule has 1 unspecified atom stereocenters. The van der Waals surface area contributed by atoms with Crippen LogP contribution in [0.2, 0.25) is 0 Å². The Morgan fingerprint density at radius 1 is 1.50 bits per heavy atom. The van der Waals surface area contributed by atoms with Crippen LogP contribution in [0.15, 0.2) is 18.2 Å². The van der Waals surface area contributed by atoms with Gasteiger partial charge in [-0.3, -0.25) is 0 Å². The van der Waals surface area contributed by atoms with Crippen molar-refractivity contribution < 1.29 is 9.13 Å². The molecule has 1 aromatic rings. The van der Waals surface area contributed by atoms with Gasteiger partial charge in [-0.15, -0.1) is 0 Å². The summed E-state index contributed by atoms with van der Waals surface area (Å²) in [7, 11) is 1.81. The van der Waals surface area contributed by atoms with E-state index >= 15 is 0 Å². The van der Waals surface area contributed by atoms with Crippen LogP contribution in [0, 0.1) is 5.82 Å². The molecule has 0 saturated heterocycles. The summed E-state index contributed by atoms with van der Waals surface area (Å²) in [4.78, 5) is 0. The van der Waals surface area contributed by atoms with Gasteiger partial charge in [0.2, 0.25) is 0 Å². The number of hydrogen-bond acceptors (Lipinski definition) is 2. The number of ether oxygens (including phenoxy) is 1. The zero-order valence-electron chi connectivity index (χ0n) is 8.80. The van der Waals surface area contributed by atoms with Crippen LogP contribution in [0.25, 0.3) is 0 Å². The van der Waals surface area contributed by atoms with Gasteiger partial charge in [0.25, 0.3) is 0 Å². The Morgan fingerprint density at radius 3 is 2.71 bits per heavy atom. The fourth-order valence-electron chi connectivity index (χ4n) is 1.27. The lowest BCUT2D eigenvalue weighted by molar-refractivity contribution is 0.337. The van der Waals surface area contributed by atoms with Crippen LogP contribution in [0.3, 0.4) is 0 Å². The zero-order chi connectivity index (χ0) is 10.6. The number of hydrogen-bond donors (Lipinski definition) is 1. The van der Waals surface area contributed by atoms with Gasteiger partial charge in [-0.05, 0) is 27.0 Å². The van der Waals surface area contributed by atoms with Crippen molar-refractivity contribution in [3.05, 3.63) is 29.6 Å². The summed E-state index contributed by atoms with van der Waals surface area (Å²) in [5.41, 5.74) is 0.663. The van der Waals surface area contributed by atoms with E-state index in [0.29, 0.717) is 17.9 Å². The normalized spacial score (nSPS) is 12.6. The molecule has 1 atom stereocenters. The van der Waals surface area contributed by atoms with Crippen molar-refractivity contribution in [2.24, 2.45) is 0 Å². The Hall–Kier alpha value is -1.09. The molecule has 0 aliphatic carbocycles. The van der Waals surface area contributed by atoms with Crippen molar-refractivity contribution in [1.29, 1.82) is 0 Å². The van der Waals surface area contributed by atoms with Gasteiger partial charge in [0.1, 0.15) is 11.6 Å². The topological polar surface area (TPSA) is 21.3 Å². The minimum absolute atomic E-state index is 0.0191. The van der Waals surface area contributed by atoms with Crippen molar-refractivity contribution in [3.8, 4) is 5.75 Å². The second-order valence-electron chi connectivity index (χ2n) is 3.13. The van der Waals surface area contributed by atoms with Crippen molar-refractivity contribution in [1.82, 2.24) is 5.32 Å². The average Bonchev–Trinajstić information content (AvgIpc) is 2.17. The molecule has 2 nitrogen and oxygen atoms in total. The Bertz CT molecular complexity index is 301. The van der Waals surface area contributed by atoms with Crippen molar-refractivity contribution in [2.75, 3.05) is 13.7 Å². The highest BCUT2D eigenvalue weighted by Crippen LogP contribution is 2.21. The first-order valence-corrected chi connectivity index (χ1v) is 4.78. The van der Waals surface area contributed by atoms with E-state index in [9.17, 15) is 4.39 Å². The SMILES string of the molecule is CCOc1ccc(C(C)NC)c(F)c1. The second kappa shape index (κ2) is 4.96. The van der Waals surface area contributed by atoms with Crippen molar-refractivity contribution in [3.63, 3.8) is 0 Å². The highest BCUT2D eigenvalue weighted by molar-refractivity contribution is 5.30. The highest BCUT2D eigenvalue weighted by Gasteiger charge is 2.09. The van der Waals surface area contributed by atoms with Crippen LogP contribution >= 0.6 is 0 Å². The van der Waals surface area contributed by atoms with E-state index in [4.69, 9.17) is 4.74 Å². The molecule has 1 N–H and O–H groups in total. The standard InChI is InChI=1S/C11H16FNO/c1-4-14-9-5-6-10(8(2)13-3)11(12)7-9/h5-8,13H,4H2,1-3H3. The Labute approximate surface area is 84.1 Å². The van der Waals surface area contributed by atoms with Crippen molar-refractivity contribution >= 4 is 0 Å². The molecule has 0 heterocycles. The van der Waals surface area contributed by atoms with E-state index in [0.717, 1.165) is 0 Å². The molecule has 14 heavy (non-hydrogen) atoms. The third kappa shape index (κ3) is 2.45. The quantitative estimate of drug-likeness (QED) is 0.800. The van der Waals surface area contributed by atoms with Gasteiger partial charge in [-0.25, -0.2) is 4.39 Å². The zero-order valence-corrected chi connectivity index (χ0v) is 8.80. The Kier molecular flexibility index (Phi) is 3.89. The largest absolute Gasteiger partial charge is 0.494 e. The first-order valence-electron chi connectivity index (χ1n) is 4.78. The van der Waals surface area contributed by atoms with Gasteiger partial charge in [-0.2, -0.15) is 0 Å². The van der Waals surface area contributed by atoms with Crippen LogP contribution in [-0.2, 0) is 0 Å². The van der Waals surface area contributed by atoms with Crippen molar-refractivity contribution in [2.45, 2.75) is 19.9 Å². The van der Waals surface area contributed by atoms with E-state index < -0.39 is 0 Å². The minimum Gasteiger partial charge on any atom is -0.494 e. The van der Waals surface area contributed by atoms with E-state index in [1.807, 2.05) is 13.8 Å². The van der Waals surface area contributed by atoms with E-state index in [1.165, 1.54) is 6.07 Å². The molecule has 1 aromatic carbocycles. The van der Waals surface area contributed by atoms with Crippen LogP contribution in [0.5, 0.6) is 5.75 Å². The number of rotatable bonds is 4. The molecule has 0 aliphatic heterocycles. The lowest BCUT2D eigenvalue weighted by atomic mass is 10.1. The first-order chi connectivity index (χ1) is 6.69. The highest BCUT2D eigenvalue weighted by atomic mass is 19.1. The summed E-state index contributed by atoms with van der Waals surface area (Å²) in [5, 5.41) is 2.99. The number of benzene rings is 1. The molecule has 0 fully saturated rings. The molecule has 0 amide bonds. The predicted molar refractivity (Wildman–Crippen MR) is 55.0 cm³/mol. The predicted octanol–water partition coefficient (Wildman–Crippen LogP) is 2.50. The monoisotopic (exact) mass is 197 g/mol. The van der Waals surface area contributed by atoms with E-state index in [1.54, 1.807) is 19.2 Å². The molecule has 0 bridgehead atoms. The Balaban J connectivity index is 2.89. The van der Waals surface area contributed by atoms with Gasteiger partial charge in [-0.1, -0.05) is 6.07 Å². The summed E-state index contributed by atoms with van der Waals surface area (Å²) >= 11 is 0. The molecule has 0 aromatic heterocycles. The molecule has 78 valence electrons. The van der Waals surface area contributed by atoms with Crippen LogP contribution < -0.4 is 10.1 Å². The molecule has 0 spiro atoms. The maximum Gasteiger partial charge on any atom is 0.131 e. The molecular weight excluding hydrogens is 181 g/mol. The smallest absolute Gasteiger partial charge is 0.131 e. The fraction of sp³-hybridized carbons (Fsp3) is 0.455.